The summed E-state index contributed by atoms with van der Waals surface area (Å²) in [6.45, 7) is 4.97. The molecule has 0 radical (unpaired) electrons. The van der Waals surface area contributed by atoms with E-state index in [-0.39, 0.29) is 36.3 Å². The summed E-state index contributed by atoms with van der Waals surface area (Å²) in [7, 11) is 0. The van der Waals surface area contributed by atoms with Crippen LogP contribution in [0.4, 0.5) is 0 Å². The van der Waals surface area contributed by atoms with Gasteiger partial charge in [0.1, 0.15) is 12.1 Å². The van der Waals surface area contributed by atoms with Gasteiger partial charge < -0.3 is 21.1 Å². The summed E-state index contributed by atoms with van der Waals surface area (Å²) < 4.78 is 0. The first-order chi connectivity index (χ1) is 13.3. The Morgan fingerprint density at radius 2 is 1.68 bits per heavy atom. The first-order valence-electron chi connectivity index (χ1n) is 9.99. The van der Waals surface area contributed by atoms with Gasteiger partial charge in [-0.1, -0.05) is 26.7 Å². The van der Waals surface area contributed by atoms with Crippen LogP contribution in [0.25, 0.3) is 0 Å². The van der Waals surface area contributed by atoms with Crippen LogP contribution in [-0.2, 0) is 14.4 Å². The van der Waals surface area contributed by atoms with Crippen LogP contribution in [0, 0.1) is 5.92 Å². The highest BCUT2D eigenvalue weighted by molar-refractivity contribution is 7.99. The molecule has 3 unspecified atom stereocenters. The lowest BCUT2D eigenvalue weighted by atomic mass is 10.0. The van der Waals surface area contributed by atoms with E-state index in [1.54, 1.807) is 23.5 Å². The molecule has 1 saturated heterocycles. The minimum absolute atomic E-state index is 0.122. The molecule has 162 valence electrons. The minimum atomic E-state index is -0.719. The minimum Gasteiger partial charge on any atom is -0.394 e. The van der Waals surface area contributed by atoms with Crippen molar-refractivity contribution < 1.29 is 19.5 Å². The van der Waals surface area contributed by atoms with Crippen molar-refractivity contribution in [2.75, 3.05) is 29.6 Å². The zero-order valence-corrected chi connectivity index (χ0v) is 18.8. The fourth-order valence-electron chi connectivity index (χ4n) is 2.84. The van der Waals surface area contributed by atoms with Gasteiger partial charge in [0.2, 0.25) is 17.7 Å². The highest BCUT2D eigenvalue weighted by Gasteiger charge is 2.29. The van der Waals surface area contributed by atoms with Gasteiger partial charge in [0.25, 0.3) is 0 Å². The van der Waals surface area contributed by atoms with Gasteiger partial charge in [-0.2, -0.15) is 23.5 Å². The van der Waals surface area contributed by atoms with E-state index >= 15 is 0 Å². The van der Waals surface area contributed by atoms with Gasteiger partial charge in [-0.25, -0.2) is 0 Å². The van der Waals surface area contributed by atoms with Crippen molar-refractivity contribution >= 4 is 41.2 Å². The summed E-state index contributed by atoms with van der Waals surface area (Å²) in [5.74, 6) is 2.03. The molecule has 0 aromatic heterocycles. The SMILES string of the molecule is CC(=O)NC1CSCCCCCCSCC(CO)NC(=O)C(C(C)C)NC1=O. The predicted molar refractivity (Wildman–Crippen MR) is 117 cm³/mol. The number of thioether (sulfide) groups is 2. The summed E-state index contributed by atoms with van der Waals surface area (Å²) in [5.41, 5.74) is 0. The molecule has 28 heavy (non-hydrogen) atoms. The van der Waals surface area contributed by atoms with E-state index in [4.69, 9.17) is 0 Å². The van der Waals surface area contributed by atoms with Crippen molar-refractivity contribution in [3.05, 3.63) is 0 Å². The maximum Gasteiger partial charge on any atom is 0.244 e. The molecule has 3 amide bonds. The predicted octanol–water partition coefficient (Wildman–Crippen LogP) is 1.15. The average molecular weight is 434 g/mol. The van der Waals surface area contributed by atoms with Crippen LogP contribution in [-0.4, -0.2) is 70.6 Å². The lowest BCUT2D eigenvalue weighted by Gasteiger charge is -2.27. The molecule has 3 atom stereocenters. The zero-order chi connectivity index (χ0) is 20.9. The Balaban J connectivity index is 2.88. The van der Waals surface area contributed by atoms with Gasteiger partial charge in [0.15, 0.2) is 0 Å². The van der Waals surface area contributed by atoms with E-state index in [1.165, 1.54) is 6.92 Å². The van der Waals surface area contributed by atoms with Gasteiger partial charge in [0, 0.05) is 18.4 Å². The number of aliphatic hydroxyl groups is 1. The molecule has 1 fully saturated rings. The molecule has 0 aromatic rings. The van der Waals surface area contributed by atoms with Crippen molar-refractivity contribution in [3.8, 4) is 0 Å². The fraction of sp³-hybridized carbons (Fsp3) is 0.842. The quantitative estimate of drug-likeness (QED) is 0.532. The lowest BCUT2D eigenvalue weighted by Crippen LogP contribution is -2.57. The molecule has 1 heterocycles. The summed E-state index contributed by atoms with van der Waals surface area (Å²) in [4.78, 5) is 37.0. The van der Waals surface area contributed by atoms with Gasteiger partial charge in [-0.05, 0) is 30.3 Å². The van der Waals surface area contributed by atoms with E-state index in [2.05, 4.69) is 16.0 Å². The van der Waals surface area contributed by atoms with Crippen molar-refractivity contribution in [1.29, 1.82) is 0 Å². The number of carbonyl (C=O) groups is 3. The molecule has 1 rings (SSSR count). The maximum atomic E-state index is 12.7. The van der Waals surface area contributed by atoms with E-state index in [1.807, 2.05) is 13.8 Å². The van der Waals surface area contributed by atoms with Crippen LogP contribution in [0.1, 0.15) is 46.5 Å². The van der Waals surface area contributed by atoms with Crippen LogP contribution >= 0.6 is 23.5 Å². The number of rotatable bonds is 3. The first kappa shape index (κ1) is 25.1. The Labute approximate surface area is 176 Å². The average Bonchev–Trinajstić information content (AvgIpc) is 2.63. The van der Waals surface area contributed by atoms with E-state index in [9.17, 15) is 19.5 Å². The smallest absolute Gasteiger partial charge is 0.244 e. The molecule has 0 bridgehead atoms. The van der Waals surface area contributed by atoms with Gasteiger partial charge in [-0.15, -0.1) is 0 Å². The molecular formula is C19H35N3O4S2. The second kappa shape index (κ2) is 14.1. The molecule has 0 saturated carbocycles. The third-order valence-corrected chi connectivity index (χ3v) is 6.80. The molecule has 1 aliphatic rings. The van der Waals surface area contributed by atoms with Crippen LogP contribution in [0.2, 0.25) is 0 Å². The van der Waals surface area contributed by atoms with E-state index < -0.39 is 12.1 Å². The number of aliphatic hydroxyl groups excluding tert-OH is 1. The Hall–Kier alpha value is -0.930. The standard InChI is InChI=1S/C19H35N3O4S2/c1-13(2)17-19(26)21-15(10-23)11-27-8-6-4-5-7-9-28-12-16(18(25)22-17)20-14(3)24/h13,15-17,23H,4-12H2,1-3H3,(H,20,24)(H,21,26)(H,22,25). The second-order valence-electron chi connectivity index (χ2n) is 7.44. The normalized spacial score (nSPS) is 26.8. The van der Waals surface area contributed by atoms with E-state index in [0.29, 0.717) is 11.5 Å². The Morgan fingerprint density at radius 1 is 1.07 bits per heavy atom. The molecule has 4 N–H and O–H groups in total. The molecule has 9 heteroatoms. The zero-order valence-electron chi connectivity index (χ0n) is 17.2. The van der Waals surface area contributed by atoms with Crippen LogP contribution < -0.4 is 16.0 Å². The van der Waals surface area contributed by atoms with Gasteiger partial charge in [0.05, 0.1) is 12.6 Å². The van der Waals surface area contributed by atoms with Crippen LogP contribution in [0.3, 0.4) is 0 Å². The van der Waals surface area contributed by atoms with Crippen molar-refractivity contribution in [2.45, 2.75) is 64.6 Å². The first-order valence-corrected chi connectivity index (χ1v) is 12.3. The molecule has 0 aliphatic carbocycles. The maximum absolute atomic E-state index is 12.7. The van der Waals surface area contributed by atoms with Crippen LogP contribution in [0.5, 0.6) is 0 Å². The van der Waals surface area contributed by atoms with Crippen LogP contribution in [0.15, 0.2) is 0 Å². The summed E-state index contributed by atoms with van der Waals surface area (Å²) in [5, 5.41) is 17.9. The molecule has 7 nitrogen and oxygen atoms in total. The topological polar surface area (TPSA) is 108 Å². The Bertz CT molecular complexity index is 506. The number of hydrogen-bond acceptors (Lipinski definition) is 6. The van der Waals surface area contributed by atoms with Gasteiger partial charge in [-0.3, -0.25) is 14.4 Å². The summed E-state index contributed by atoms with van der Waals surface area (Å²) in [6.07, 6.45) is 4.48. The lowest BCUT2D eigenvalue weighted by molar-refractivity contribution is -0.132. The molecule has 0 spiro atoms. The molecular weight excluding hydrogens is 398 g/mol. The summed E-state index contributed by atoms with van der Waals surface area (Å²) >= 11 is 3.38. The number of hydrogen-bond donors (Lipinski definition) is 4. The molecule has 1 aliphatic heterocycles. The van der Waals surface area contributed by atoms with Crippen molar-refractivity contribution in [1.82, 2.24) is 16.0 Å². The highest BCUT2D eigenvalue weighted by Crippen LogP contribution is 2.14. The second-order valence-corrected chi connectivity index (χ2v) is 9.74. The Morgan fingerprint density at radius 3 is 2.21 bits per heavy atom. The van der Waals surface area contributed by atoms with Crippen molar-refractivity contribution in [2.24, 2.45) is 5.92 Å². The van der Waals surface area contributed by atoms with Crippen molar-refractivity contribution in [3.63, 3.8) is 0 Å². The number of nitrogens with one attached hydrogen (secondary N) is 3. The van der Waals surface area contributed by atoms with E-state index in [0.717, 1.165) is 37.2 Å². The summed E-state index contributed by atoms with van der Waals surface area (Å²) in [6, 6.07) is -1.73. The number of carbonyl (C=O) groups excluding carboxylic acids is 3. The third-order valence-electron chi connectivity index (χ3n) is 4.44. The largest absolute Gasteiger partial charge is 0.394 e. The Kier molecular flexibility index (Phi) is 12.7. The monoisotopic (exact) mass is 433 g/mol. The third kappa shape index (κ3) is 10.0. The molecule has 0 aromatic carbocycles. The van der Waals surface area contributed by atoms with Gasteiger partial charge >= 0.3 is 0 Å². The highest BCUT2D eigenvalue weighted by atomic mass is 32.2. The fourth-order valence-corrected chi connectivity index (χ4v) is 4.93. The number of amides is 3.